The number of anilines is 1. The molecule has 0 saturated carbocycles. The van der Waals surface area contributed by atoms with Crippen LogP contribution in [0.2, 0.25) is 5.02 Å². The second kappa shape index (κ2) is 7.98. The molecule has 0 saturated heterocycles. The molecular formula is C20H18BrClN2O2. The van der Waals surface area contributed by atoms with Crippen molar-refractivity contribution in [2.45, 2.75) is 13.0 Å². The monoisotopic (exact) mass is 432 g/mol. The summed E-state index contributed by atoms with van der Waals surface area (Å²) in [6.07, 6.45) is 0.905. The van der Waals surface area contributed by atoms with Crippen molar-refractivity contribution >= 4 is 39.4 Å². The summed E-state index contributed by atoms with van der Waals surface area (Å²) >= 11 is 9.60. The zero-order chi connectivity index (χ0) is 18.7. The summed E-state index contributed by atoms with van der Waals surface area (Å²) in [5.41, 5.74) is 2.69. The number of hydrogen-bond acceptors (Lipinski definition) is 2. The summed E-state index contributed by atoms with van der Waals surface area (Å²) in [6, 6.07) is 17.2. The van der Waals surface area contributed by atoms with Crippen LogP contribution in [-0.4, -0.2) is 10.7 Å². The average Bonchev–Trinajstić information content (AvgIpc) is 2.96. The lowest BCUT2D eigenvalue weighted by molar-refractivity contribution is 0.121. The lowest BCUT2D eigenvalue weighted by Gasteiger charge is -2.16. The van der Waals surface area contributed by atoms with Crippen molar-refractivity contribution < 1.29 is 9.53 Å². The molecule has 1 heterocycles. The predicted octanol–water partition coefficient (Wildman–Crippen LogP) is 6.42. The maximum atomic E-state index is 12.4. The van der Waals surface area contributed by atoms with Crippen molar-refractivity contribution in [1.82, 2.24) is 4.57 Å². The number of benzene rings is 2. The van der Waals surface area contributed by atoms with Crippen LogP contribution in [0.15, 0.2) is 65.3 Å². The van der Waals surface area contributed by atoms with Gasteiger partial charge in [-0.1, -0.05) is 57.9 Å². The molecule has 134 valence electrons. The van der Waals surface area contributed by atoms with Crippen molar-refractivity contribution in [2.75, 3.05) is 5.32 Å². The van der Waals surface area contributed by atoms with Gasteiger partial charge in [-0.05, 0) is 36.8 Å². The largest absolute Gasteiger partial charge is 0.441 e. The van der Waals surface area contributed by atoms with E-state index in [0.29, 0.717) is 10.8 Å². The molecule has 0 aliphatic heterocycles. The molecule has 3 rings (SSSR count). The zero-order valence-corrected chi connectivity index (χ0v) is 16.7. The number of halogens is 2. The molecule has 6 heteroatoms. The van der Waals surface area contributed by atoms with E-state index in [4.69, 9.17) is 16.3 Å². The van der Waals surface area contributed by atoms with Gasteiger partial charge in [0.2, 0.25) is 0 Å². The van der Waals surface area contributed by atoms with Gasteiger partial charge in [0.1, 0.15) is 11.9 Å². The number of amides is 1. The topological polar surface area (TPSA) is 43.3 Å². The third kappa shape index (κ3) is 4.11. The highest BCUT2D eigenvalue weighted by molar-refractivity contribution is 9.10. The van der Waals surface area contributed by atoms with Gasteiger partial charge in [-0.25, -0.2) is 4.79 Å². The van der Waals surface area contributed by atoms with Gasteiger partial charge in [-0.15, -0.1) is 0 Å². The average molecular weight is 434 g/mol. The minimum atomic E-state index is -0.530. The SMILES string of the molecule is C[C@@H](OC(=O)Nc1c(-c2ccc(Br)cc2)ccn1C)c1ccccc1Cl. The molecule has 1 amide bonds. The Morgan fingerprint density at radius 2 is 1.85 bits per heavy atom. The molecule has 0 radical (unpaired) electrons. The van der Waals surface area contributed by atoms with Crippen LogP contribution in [-0.2, 0) is 11.8 Å². The Morgan fingerprint density at radius 3 is 2.54 bits per heavy atom. The maximum absolute atomic E-state index is 12.4. The van der Waals surface area contributed by atoms with Crippen LogP contribution >= 0.6 is 27.5 Å². The van der Waals surface area contributed by atoms with Gasteiger partial charge in [0.15, 0.2) is 0 Å². The van der Waals surface area contributed by atoms with Crippen molar-refractivity contribution in [2.24, 2.45) is 7.05 Å². The van der Waals surface area contributed by atoms with Crippen molar-refractivity contribution in [3.8, 4) is 11.1 Å². The molecule has 0 spiro atoms. The van der Waals surface area contributed by atoms with Gasteiger partial charge in [-0.3, -0.25) is 5.32 Å². The number of rotatable bonds is 4. The smallest absolute Gasteiger partial charge is 0.413 e. The van der Waals surface area contributed by atoms with E-state index in [9.17, 15) is 4.79 Å². The Bertz CT molecular complexity index is 922. The predicted molar refractivity (Wildman–Crippen MR) is 109 cm³/mol. The normalized spacial score (nSPS) is 11.8. The Balaban J connectivity index is 1.77. The van der Waals surface area contributed by atoms with Gasteiger partial charge >= 0.3 is 6.09 Å². The van der Waals surface area contributed by atoms with E-state index in [0.717, 1.165) is 21.2 Å². The molecule has 0 fully saturated rings. The summed E-state index contributed by atoms with van der Waals surface area (Å²) in [7, 11) is 1.87. The fourth-order valence-electron chi connectivity index (χ4n) is 2.70. The van der Waals surface area contributed by atoms with Gasteiger partial charge in [0.25, 0.3) is 0 Å². The highest BCUT2D eigenvalue weighted by Gasteiger charge is 2.17. The first-order valence-corrected chi connectivity index (χ1v) is 9.26. The lowest BCUT2D eigenvalue weighted by Crippen LogP contribution is -2.18. The maximum Gasteiger partial charge on any atom is 0.413 e. The third-order valence-corrected chi connectivity index (χ3v) is 4.95. The van der Waals surface area contributed by atoms with E-state index >= 15 is 0 Å². The Labute approximate surface area is 165 Å². The van der Waals surface area contributed by atoms with Gasteiger partial charge < -0.3 is 9.30 Å². The number of nitrogens with zero attached hydrogens (tertiary/aromatic N) is 1. The van der Waals surface area contributed by atoms with Crippen LogP contribution in [0.25, 0.3) is 11.1 Å². The highest BCUT2D eigenvalue weighted by Crippen LogP contribution is 2.31. The summed E-state index contributed by atoms with van der Waals surface area (Å²) in [5.74, 6) is 0.670. The van der Waals surface area contributed by atoms with Crippen molar-refractivity contribution in [3.05, 3.63) is 75.9 Å². The minimum absolute atomic E-state index is 0.458. The van der Waals surface area contributed by atoms with E-state index < -0.39 is 12.2 Å². The van der Waals surface area contributed by atoms with Crippen molar-refractivity contribution in [1.29, 1.82) is 0 Å². The van der Waals surface area contributed by atoms with E-state index in [-0.39, 0.29) is 0 Å². The summed E-state index contributed by atoms with van der Waals surface area (Å²) in [5, 5.41) is 3.41. The number of nitrogens with one attached hydrogen (secondary N) is 1. The number of aromatic nitrogens is 1. The number of aryl methyl sites for hydroxylation is 1. The quantitative estimate of drug-likeness (QED) is 0.516. The number of ether oxygens (including phenoxy) is 1. The number of carbonyl (C=O) groups is 1. The second-order valence-electron chi connectivity index (χ2n) is 5.89. The van der Waals surface area contributed by atoms with Crippen LogP contribution in [0, 0.1) is 0 Å². The first-order chi connectivity index (χ1) is 12.5. The van der Waals surface area contributed by atoms with Crippen LogP contribution in [0.1, 0.15) is 18.6 Å². The van der Waals surface area contributed by atoms with E-state index in [1.165, 1.54) is 0 Å². The fraction of sp³-hybridized carbons (Fsp3) is 0.150. The van der Waals surface area contributed by atoms with Crippen molar-refractivity contribution in [3.63, 3.8) is 0 Å². The first-order valence-electron chi connectivity index (χ1n) is 8.09. The minimum Gasteiger partial charge on any atom is -0.441 e. The molecule has 26 heavy (non-hydrogen) atoms. The van der Waals surface area contributed by atoms with Gasteiger partial charge in [0, 0.05) is 33.9 Å². The standard InChI is InChI=1S/C20H18BrClN2O2/c1-13(16-5-3-4-6-18(16)22)26-20(25)23-19-17(11-12-24(19)2)14-7-9-15(21)10-8-14/h3-13H,1-2H3,(H,23,25)/t13-/m1/s1. The molecule has 3 aromatic rings. The van der Waals surface area contributed by atoms with Crippen LogP contribution in [0.3, 0.4) is 0 Å². The first kappa shape index (κ1) is 18.5. The summed E-state index contributed by atoms with van der Waals surface area (Å²) in [6.45, 7) is 1.79. The fourth-order valence-corrected chi connectivity index (χ4v) is 3.26. The number of hydrogen-bond donors (Lipinski definition) is 1. The molecule has 0 aliphatic carbocycles. The molecule has 1 atom stereocenters. The van der Waals surface area contributed by atoms with Crippen LogP contribution < -0.4 is 5.32 Å². The third-order valence-electron chi connectivity index (χ3n) is 4.08. The number of carbonyl (C=O) groups excluding carboxylic acids is 1. The highest BCUT2D eigenvalue weighted by atomic mass is 79.9. The van der Waals surface area contributed by atoms with Crippen LogP contribution in [0.4, 0.5) is 10.6 Å². The Kier molecular flexibility index (Phi) is 5.69. The second-order valence-corrected chi connectivity index (χ2v) is 7.21. The Morgan fingerprint density at radius 1 is 1.15 bits per heavy atom. The van der Waals surface area contributed by atoms with E-state index in [1.807, 2.05) is 66.3 Å². The Hall–Kier alpha value is -2.24. The summed E-state index contributed by atoms with van der Waals surface area (Å²) in [4.78, 5) is 12.4. The molecule has 2 aromatic carbocycles. The molecule has 0 aliphatic rings. The van der Waals surface area contributed by atoms with Crippen LogP contribution in [0.5, 0.6) is 0 Å². The molecular weight excluding hydrogens is 416 g/mol. The molecule has 0 bridgehead atoms. The molecule has 1 N–H and O–H groups in total. The van der Waals surface area contributed by atoms with E-state index in [2.05, 4.69) is 21.2 Å². The summed E-state index contributed by atoms with van der Waals surface area (Å²) < 4.78 is 8.35. The molecule has 0 unspecified atom stereocenters. The van der Waals surface area contributed by atoms with Gasteiger partial charge in [-0.2, -0.15) is 0 Å². The molecule has 4 nitrogen and oxygen atoms in total. The van der Waals surface area contributed by atoms with Gasteiger partial charge in [0.05, 0.1) is 0 Å². The molecule has 1 aromatic heterocycles. The zero-order valence-electron chi connectivity index (χ0n) is 14.4. The van der Waals surface area contributed by atoms with E-state index in [1.54, 1.807) is 13.0 Å². The lowest BCUT2D eigenvalue weighted by atomic mass is 10.1.